The van der Waals surface area contributed by atoms with Crippen LogP contribution in [0.25, 0.3) is 5.65 Å². The smallest absolute Gasteiger partial charge is 0.232 e. The molecule has 12 heteroatoms. The molecule has 0 unspecified atom stereocenters. The van der Waals surface area contributed by atoms with Crippen LogP contribution < -0.4 is 15.5 Å². The van der Waals surface area contributed by atoms with E-state index in [2.05, 4.69) is 54.6 Å². The third-order valence-corrected chi connectivity index (χ3v) is 7.62. The first kappa shape index (κ1) is 23.7. The Hall–Kier alpha value is -3.64. The van der Waals surface area contributed by atoms with Crippen molar-refractivity contribution in [2.75, 3.05) is 48.4 Å². The van der Waals surface area contributed by atoms with Crippen LogP contribution in [0.5, 0.6) is 0 Å². The lowest BCUT2D eigenvalue weighted by molar-refractivity contribution is 0.129. The molecular formula is C25H27ClN10O. The topological polar surface area (TPSA) is 130 Å². The van der Waals surface area contributed by atoms with Crippen LogP contribution in [-0.4, -0.2) is 75.5 Å². The summed E-state index contributed by atoms with van der Waals surface area (Å²) in [5, 5.41) is 30.6. The minimum atomic E-state index is 0.209. The number of fused-ring (bicyclic) bond motifs is 1. The molecule has 11 nitrogen and oxygen atoms in total. The highest BCUT2D eigenvalue weighted by atomic mass is 35.5. The standard InChI is InChI=1S/C25H27ClN10O/c1-15-13-34(19-4-7-37-14-19)5-6-35(15)21-9-16(10-27)8-20(22(21)26)31-24-32-23-17(11-28)12-29-36(23)25(33-24)30-18-2-3-18/h8-9,12,15,18-19H,2-7,13-14H2,1H3,(H2,30,31,32,33)/t15-,19+/m0/s1. The number of hydrogen-bond acceptors (Lipinski definition) is 10. The number of anilines is 4. The van der Waals surface area contributed by atoms with E-state index in [0.717, 1.165) is 57.8 Å². The largest absolute Gasteiger partial charge is 0.380 e. The number of nitriles is 2. The highest BCUT2D eigenvalue weighted by Crippen LogP contribution is 2.38. The van der Waals surface area contributed by atoms with E-state index in [1.807, 2.05) is 6.07 Å². The second kappa shape index (κ2) is 9.67. The molecule has 3 aliphatic rings. The Balaban J connectivity index is 1.32. The normalized spacial score (nSPS) is 22.1. The molecule has 2 aromatic heterocycles. The molecule has 0 radical (unpaired) electrons. The molecule has 1 aliphatic carbocycles. The molecule has 3 fully saturated rings. The molecule has 2 aliphatic heterocycles. The van der Waals surface area contributed by atoms with Crippen molar-refractivity contribution in [1.82, 2.24) is 24.5 Å². The van der Waals surface area contributed by atoms with Crippen LogP contribution in [0.15, 0.2) is 18.3 Å². The van der Waals surface area contributed by atoms with Crippen LogP contribution in [0.2, 0.25) is 5.02 Å². The number of nitrogens with one attached hydrogen (secondary N) is 2. The van der Waals surface area contributed by atoms with Crippen LogP contribution in [0.3, 0.4) is 0 Å². The maximum Gasteiger partial charge on any atom is 0.232 e. The van der Waals surface area contributed by atoms with Gasteiger partial charge in [0.25, 0.3) is 0 Å². The van der Waals surface area contributed by atoms with E-state index in [-0.39, 0.29) is 12.0 Å². The van der Waals surface area contributed by atoms with E-state index in [9.17, 15) is 10.5 Å². The zero-order valence-corrected chi connectivity index (χ0v) is 21.2. The predicted octanol–water partition coefficient (Wildman–Crippen LogP) is 3.14. The van der Waals surface area contributed by atoms with Gasteiger partial charge in [-0.2, -0.15) is 30.1 Å². The number of aromatic nitrogens is 4. The van der Waals surface area contributed by atoms with E-state index in [4.69, 9.17) is 16.3 Å². The van der Waals surface area contributed by atoms with Crippen LogP contribution in [0, 0.1) is 22.7 Å². The van der Waals surface area contributed by atoms with Crippen molar-refractivity contribution in [3.05, 3.63) is 34.5 Å². The maximum absolute atomic E-state index is 9.78. The number of hydrogen-bond donors (Lipinski definition) is 2. The number of halogens is 1. The van der Waals surface area contributed by atoms with Gasteiger partial charge in [0.1, 0.15) is 11.6 Å². The molecule has 190 valence electrons. The molecule has 1 saturated carbocycles. The molecule has 37 heavy (non-hydrogen) atoms. The van der Waals surface area contributed by atoms with Gasteiger partial charge in [-0.15, -0.1) is 0 Å². The Morgan fingerprint density at radius 3 is 2.70 bits per heavy atom. The summed E-state index contributed by atoms with van der Waals surface area (Å²) in [6, 6.07) is 8.93. The Kier molecular flexibility index (Phi) is 6.21. The van der Waals surface area contributed by atoms with Crippen molar-refractivity contribution < 1.29 is 4.74 Å². The second-order valence-corrected chi connectivity index (χ2v) is 10.2. The molecule has 2 atom stereocenters. The lowest BCUT2D eigenvalue weighted by Gasteiger charge is -2.43. The fourth-order valence-electron chi connectivity index (χ4n) is 5.10. The summed E-state index contributed by atoms with van der Waals surface area (Å²) in [6.45, 7) is 6.40. The average molecular weight is 519 g/mol. The van der Waals surface area contributed by atoms with E-state index in [1.54, 1.807) is 6.07 Å². The fourth-order valence-corrected chi connectivity index (χ4v) is 5.36. The average Bonchev–Trinajstić information content (AvgIpc) is 3.37. The van der Waals surface area contributed by atoms with Gasteiger partial charge in [-0.3, -0.25) is 4.90 Å². The van der Waals surface area contributed by atoms with Crippen molar-refractivity contribution in [1.29, 1.82) is 10.5 Å². The van der Waals surface area contributed by atoms with Crippen molar-refractivity contribution in [3.63, 3.8) is 0 Å². The van der Waals surface area contributed by atoms with Gasteiger partial charge in [0.15, 0.2) is 5.65 Å². The molecule has 0 amide bonds. The zero-order chi connectivity index (χ0) is 25.5. The lowest BCUT2D eigenvalue weighted by atomic mass is 10.1. The third-order valence-electron chi connectivity index (χ3n) is 7.22. The molecule has 0 bridgehead atoms. The van der Waals surface area contributed by atoms with Gasteiger partial charge in [0.05, 0.1) is 40.8 Å². The minimum absolute atomic E-state index is 0.209. The Labute approximate surface area is 219 Å². The SMILES string of the molecule is C[C@H]1CN([C@@H]2CCOC2)CCN1c1cc(C#N)cc(Nc2nc(NC3CC3)n3ncc(C#N)c3n2)c1Cl. The molecule has 4 heterocycles. The summed E-state index contributed by atoms with van der Waals surface area (Å²) in [5.41, 5.74) is 2.57. The zero-order valence-electron chi connectivity index (χ0n) is 20.5. The van der Waals surface area contributed by atoms with Gasteiger partial charge in [0, 0.05) is 44.4 Å². The van der Waals surface area contributed by atoms with Crippen LogP contribution in [0.4, 0.5) is 23.3 Å². The first-order valence-corrected chi connectivity index (χ1v) is 12.9. The summed E-state index contributed by atoms with van der Waals surface area (Å²) in [4.78, 5) is 13.9. The lowest BCUT2D eigenvalue weighted by Crippen LogP contribution is -2.55. The number of nitrogens with zero attached hydrogens (tertiary/aromatic N) is 8. The van der Waals surface area contributed by atoms with E-state index in [0.29, 0.717) is 45.5 Å². The highest BCUT2D eigenvalue weighted by molar-refractivity contribution is 6.36. The first-order chi connectivity index (χ1) is 18.0. The van der Waals surface area contributed by atoms with E-state index in [1.165, 1.54) is 10.7 Å². The fraction of sp³-hybridized carbons (Fsp3) is 0.480. The molecular weight excluding hydrogens is 492 g/mol. The Bertz CT molecular complexity index is 1420. The van der Waals surface area contributed by atoms with Crippen LogP contribution in [0.1, 0.15) is 37.3 Å². The number of rotatable bonds is 6. The maximum atomic E-state index is 9.78. The van der Waals surface area contributed by atoms with Crippen molar-refractivity contribution in [2.45, 2.75) is 44.3 Å². The molecule has 1 aromatic carbocycles. The highest BCUT2D eigenvalue weighted by Gasteiger charge is 2.32. The monoisotopic (exact) mass is 518 g/mol. The van der Waals surface area contributed by atoms with Crippen molar-refractivity contribution >= 4 is 40.5 Å². The number of benzene rings is 1. The summed E-state index contributed by atoms with van der Waals surface area (Å²) in [6.07, 6.45) is 4.66. The first-order valence-electron chi connectivity index (χ1n) is 12.6. The molecule has 2 saturated heterocycles. The van der Waals surface area contributed by atoms with Crippen LogP contribution in [-0.2, 0) is 4.74 Å². The molecule has 2 N–H and O–H groups in total. The molecule has 6 rings (SSSR count). The van der Waals surface area contributed by atoms with Gasteiger partial charge in [-0.1, -0.05) is 11.6 Å². The molecule has 0 spiro atoms. The Morgan fingerprint density at radius 2 is 2.00 bits per heavy atom. The van der Waals surface area contributed by atoms with Gasteiger partial charge >= 0.3 is 0 Å². The van der Waals surface area contributed by atoms with Gasteiger partial charge in [-0.25, -0.2) is 0 Å². The number of ether oxygens (including phenoxy) is 1. The van der Waals surface area contributed by atoms with Gasteiger partial charge in [-0.05, 0) is 38.3 Å². The third kappa shape index (κ3) is 4.62. The summed E-state index contributed by atoms with van der Waals surface area (Å²) >= 11 is 6.95. The van der Waals surface area contributed by atoms with Crippen LogP contribution >= 0.6 is 11.6 Å². The van der Waals surface area contributed by atoms with Crippen molar-refractivity contribution in [2.24, 2.45) is 0 Å². The van der Waals surface area contributed by atoms with E-state index < -0.39 is 0 Å². The quantitative estimate of drug-likeness (QED) is 0.501. The van der Waals surface area contributed by atoms with Gasteiger partial charge < -0.3 is 20.3 Å². The Morgan fingerprint density at radius 1 is 1.14 bits per heavy atom. The summed E-state index contributed by atoms with van der Waals surface area (Å²) < 4.78 is 7.13. The number of piperazine rings is 1. The molecule has 3 aromatic rings. The van der Waals surface area contributed by atoms with E-state index >= 15 is 0 Å². The minimum Gasteiger partial charge on any atom is -0.380 e. The summed E-state index contributed by atoms with van der Waals surface area (Å²) in [5.74, 6) is 0.777. The predicted molar refractivity (Wildman–Crippen MR) is 139 cm³/mol. The summed E-state index contributed by atoms with van der Waals surface area (Å²) in [7, 11) is 0. The second-order valence-electron chi connectivity index (χ2n) is 9.84. The van der Waals surface area contributed by atoms with Crippen molar-refractivity contribution in [3.8, 4) is 12.1 Å². The van der Waals surface area contributed by atoms with Gasteiger partial charge in [0.2, 0.25) is 11.9 Å².